The molecule has 1 saturated heterocycles. The van der Waals surface area contributed by atoms with E-state index in [1.165, 1.54) is 30.4 Å². The molecule has 2 aromatic rings. The highest BCUT2D eigenvalue weighted by molar-refractivity contribution is 5.89. The summed E-state index contributed by atoms with van der Waals surface area (Å²) in [6.45, 7) is 13.5. The molecule has 2 fully saturated rings. The van der Waals surface area contributed by atoms with Gasteiger partial charge < -0.3 is 10.1 Å². The van der Waals surface area contributed by atoms with E-state index in [0.29, 0.717) is 29.5 Å². The number of hydrogen-bond acceptors (Lipinski definition) is 4. The van der Waals surface area contributed by atoms with E-state index in [2.05, 4.69) is 72.6 Å². The van der Waals surface area contributed by atoms with Crippen molar-refractivity contribution in [2.24, 2.45) is 11.8 Å². The summed E-state index contributed by atoms with van der Waals surface area (Å²) in [7, 11) is 0. The molecule has 4 nitrogen and oxygen atoms in total. The van der Waals surface area contributed by atoms with Gasteiger partial charge in [0.15, 0.2) is 0 Å². The molecule has 4 heteroatoms. The Balaban J connectivity index is 1.23. The fraction of sp³-hybridized carbons (Fsp3) is 0.516. The van der Waals surface area contributed by atoms with Crippen LogP contribution in [0.4, 0.5) is 0 Å². The number of benzene rings is 2. The maximum atomic E-state index is 12.2. The zero-order valence-electron chi connectivity index (χ0n) is 22.1. The van der Waals surface area contributed by atoms with Crippen molar-refractivity contribution in [3.05, 3.63) is 76.9 Å². The molecule has 1 saturated carbocycles. The van der Waals surface area contributed by atoms with Crippen LogP contribution in [-0.2, 0) is 11.3 Å². The Bertz CT molecular complexity index is 997. The summed E-state index contributed by atoms with van der Waals surface area (Å²) >= 11 is 0. The Labute approximate surface area is 211 Å². The van der Waals surface area contributed by atoms with Crippen LogP contribution in [0.3, 0.4) is 0 Å². The largest absolute Gasteiger partial charge is 0.456 e. The van der Waals surface area contributed by atoms with Gasteiger partial charge in [-0.1, -0.05) is 68.0 Å². The molecule has 0 bridgehead atoms. The molecule has 2 aromatic carbocycles. The van der Waals surface area contributed by atoms with E-state index >= 15 is 0 Å². The Morgan fingerprint density at radius 1 is 1.06 bits per heavy atom. The number of esters is 1. The number of hydrogen-bond donors (Lipinski definition) is 1. The molecule has 35 heavy (non-hydrogen) atoms. The molecule has 4 rings (SSSR count). The Hall–Kier alpha value is -2.43. The summed E-state index contributed by atoms with van der Waals surface area (Å²) in [4.78, 5) is 14.8. The van der Waals surface area contributed by atoms with E-state index in [9.17, 15) is 4.79 Å². The molecule has 1 heterocycles. The van der Waals surface area contributed by atoms with Crippen molar-refractivity contribution in [2.75, 3.05) is 13.1 Å². The summed E-state index contributed by atoms with van der Waals surface area (Å²) in [5, 5.41) is 3.97. The topological polar surface area (TPSA) is 41.6 Å². The molecule has 0 amide bonds. The van der Waals surface area contributed by atoms with Crippen LogP contribution in [0, 0.1) is 11.8 Å². The van der Waals surface area contributed by atoms with E-state index in [1.54, 1.807) is 5.57 Å². The lowest BCUT2D eigenvalue weighted by Gasteiger charge is -2.32. The standard InChI is InChI=1S/C31H42N2O2/c1-22(2)27(19-23-9-7-6-8-10-23)28-20-29(28)32-26-15-17-33(18-16-26)21-24-11-13-25(14-12-24)30(34)35-31(3,4)5/h6-14,19,22,26,28-29,32H,15-18,20-21H2,1-5H3. The van der Waals surface area contributed by atoms with Crippen molar-refractivity contribution in [1.82, 2.24) is 10.2 Å². The maximum absolute atomic E-state index is 12.2. The summed E-state index contributed by atoms with van der Waals surface area (Å²) in [5.41, 5.74) is 4.30. The number of carbonyl (C=O) groups is 1. The summed E-state index contributed by atoms with van der Waals surface area (Å²) in [5.74, 6) is 1.00. The Kier molecular flexibility index (Phi) is 8.13. The average molecular weight is 475 g/mol. The van der Waals surface area contributed by atoms with Crippen LogP contribution in [0.15, 0.2) is 60.2 Å². The number of ether oxygens (including phenoxy) is 1. The van der Waals surface area contributed by atoms with Gasteiger partial charge in [-0.05, 0) is 88.2 Å². The van der Waals surface area contributed by atoms with Gasteiger partial charge in [0.1, 0.15) is 5.60 Å². The molecule has 1 N–H and O–H groups in total. The van der Waals surface area contributed by atoms with E-state index < -0.39 is 5.60 Å². The Morgan fingerprint density at radius 2 is 1.71 bits per heavy atom. The molecule has 0 radical (unpaired) electrons. The van der Waals surface area contributed by atoms with Crippen molar-refractivity contribution in [2.45, 2.75) is 78.1 Å². The molecule has 1 aliphatic heterocycles. The van der Waals surface area contributed by atoms with E-state index in [-0.39, 0.29) is 5.97 Å². The van der Waals surface area contributed by atoms with Gasteiger partial charge >= 0.3 is 5.97 Å². The van der Waals surface area contributed by atoms with Gasteiger partial charge in [0.25, 0.3) is 0 Å². The molecular formula is C31H42N2O2. The highest BCUT2D eigenvalue weighted by Gasteiger charge is 2.41. The lowest BCUT2D eigenvalue weighted by Crippen LogP contribution is -2.43. The first-order chi connectivity index (χ1) is 16.7. The number of nitrogens with zero attached hydrogens (tertiary/aromatic N) is 1. The van der Waals surface area contributed by atoms with Crippen LogP contribution < -0.4 is 5.32 Å². The second-order valence-electron chi connectivity index (χ2n) is 11.6. The molecule has 0 aromatic heterocycles. The first-order valence-electron chi connectivity index (χ1n) is 13.2. The zero-order valence-corrected chi connectivity index (χ0v) is 22.1. The van der Waals surface area contributed by atoms with Crippen molar-refractivity contribution in [3.8, 4) is 0 Å². The van der Waals surface area contributed by atoms with Gasteiger partial charge in [0, 0.05) is 18.6 Å². The number of nitrogens with one attached hydrogen (secondary N) is 1. The number of piperidine rings is 1. The van der Waals surface area contributed by atoms with Crippen LogP contribution >= 0.6 is 0 Å². The second-order valence-corrected chi connectivity index (χ2v) is 11.6. The normalized spacial score (nSPS) is 21.8. The van der Waals surface area contributed by atoms with Crippen LogP contribution in [0.1, 0.15) is 75.4 Å². The molecule has 188 valence electrons. The van der Waals surface area contributed by atoms with Crippen molar-refractivity contribution in [3.63, 3.8) is 0 Å². The van der Waals surface area contributed by atoms with Crippen LogP contribution in [0.5, 0.6) is 0 Å². The summed E-state index contributed by atoms with van der Waals surface area (Å²) < 4.78 is 5.47. The monoisotopic (exact) mass is 474 g/mol. The van der Waals surface area contributed by atoms with Gasteiger partial charge in [-0.15, -0.1) is 0 Å². The SMILES string of the molecule is CC(C)C(=Cc1ccccc1)C1CC1NC1CCN(Cc2ccc(C(=O)OC(C)(C)C)cc2)CC1. The first-order valence-corrected chi connectivity index (χ1v) is 13.2. The Morgan fingerprint density at radius 3 is 2.31 bits per heavy atom. The summed E-state index contributed by atoms with van der Waals surface area (Å²) in [6.07, 6.45) is 6.06. The molecule has 1 aliphatic carbocycles. The van der Waals surface area contributed by atoms with E-state index in [0.717, 1.165) is 19.6 Å². The number of carbonyl (C=O) groups excluding carboxylic acids is 1. The lowest BCUT2D eigenvalue weighted by atomic mass is 9.95. The van der Waals surface area contributed by atoms with Gasteiger partial charge in [0.2, 0.25) is 0 Å². The van der Waals surface area contributed by atoms with Crippen molar-refractivity contribution >= 4 is 12.0 Å². The highest BCUT2D eigenvalue weighted by Crippen LogP contribution is 2.42. The summed E-state index contributed by atoms with van der Waals surface area (Å²) in [6, 6.07) is 19.9. The molecule has 0 spiro atoms. The quantitative estimate of drug-likeness (QED) is 0.454. The fourth-order valence-corrected chi connectivity index (χ4v) is 5.09. The van der Waals surface area contributed by atoms with Gasteiger partial charge in [0.05, 0.1) is 5.56 Å². The van der Waals surface area contributed by atoms with Crippen LogP contribution in [-0.4, -0.2) is 41.6 Å². The maximum Gasteiger partial charge on any atom is 0.338 e. The van der Waals surface area contributed by atoms with Crippen LogP contribution in [0.25, 0.3) is 6.08 Å². The van der Waals surface area contributed by atoms with Crippen molar-refractivity contribution in [1.29, 1.82) is 0 Å². The zero-order chi connectivity index (χ0) is 25.0. The predicted molar refractivity (Wildman–Crippen MR) is 144 cm³/mol. The second kappa shape index (κ2) is 11.1. The minimum Gasteiger partial charge on any atom is -0.456 e. The number of rotatable bonds is 8. The third-order valence-corrected chi connectivity index (χ3v) is 7.05. The van der Waals surface area contributed by atoms with Gasteiger partial charge in [-0.3, -0.25) is 4.90 Å². The fourth-order valence-electron chi connectivity index (χ4n) is 5.09. The minimum atomic E-state index is -0.469. The lowest BCUT2D eigenvalue weighted by molar-refractivity contribution is 0.00695. The molecule has 2 unspecified atom stereocenters. The van der Waals surface area contributed by atoms with Crippen LogP contribution in [0.2, 0.25) is 0 Å². The number of likely N-dealkylation sites (tertiary alicyclic amines) is 1. The van der Waals surface area contributed by atoms with E-state index in [4.69, 9.17) is 4.74 Å². The van der Waals surface area contributed by atoms with Gasteiger partial charge in [-0.2, -0.15) is 0 Å². The third kappa shape index (κ3) is 7.52. The predicted octanol–water partition coefficient (Wildman–Crippen LogP) is 6.32. The molecular weight excluding hydrogens is 432 g/mol. The molecule has 2 aliphatic rings. The average Bonchev–Trinajstić information content (AvgIpc) is 3.57. The minimum absolute atomic E-state index is 0.256. The highest BCUT2D eigenvalue weighted by atomic mass is 16.6. The van der Waals surface area contributed by atoms with Crippen molar-refractivity contribution < 1.29 is 9.53 Å². The molecule has 2 atom stereocenters. The third-order valence-electron chi connectivity index (χ3n) is 7.05. The smallest absolute Gasteiger partial charge is 0.338 e. The first kappa shape index (κ1) is 25.7. The van der Waals surface area contributed by atoms with Gasteiger partial charge in [-0.25, -0.2) is 4.79 Å². The van der Waals surface area contributed by atoms with E-state index in [1.807, 2.05) is 32.9 Å².